The zero-order chi connectivity index (χ0) is 20.4. The van der Waals surface area contributed by atoms with Crippen LogP contribution in [0.4, 0.5) is 11.4 Å². The van der Waals surface area contributed by atoms with Crippen LogP contribution in [0.15, 0.2) is 36.4 Å². The Hall–Kier alpha value is -3.02. The second-order valence-corrected chi connectivity index (χ2v) is 7.56. The fourth-order valence-electron chi connectivity index (χ4n) is 4.34. The van der Waals surface area contributed by atoms with Gasteiger partial charge in [0.15, 0.2) is 11.5 Å². The number of nitrogens with zero attached hydrogens (tertiary/aromatic N) is 1. The van der Waals surface area contributed by atoms with Gasteiger partial charge in [-0.2, -0.15) is 0 Å². The molecule has 0 unspecified atom stereocenters. The topological polar surface area (TPSA) is 67.9 Å². The van der Waals surface area contributed by atoms with Crippen LogP contribution in [0.5, 0.6) is 11.5 Å². The lowest BCUT2D eigenvalue weighted by molar-refractivity contribution is -0.122. The molecule has 1 aliphatic heterocycles. The Morgan fingerprint density at radius 3 is 2.59 bits per heavy atom. The maximum absolute atomic E-state index is 12.9. The average molecular weight is 394 g/mol. The second kappa shape index (κ2) is 8.15. The number of nitrogens with one attached hydrogen (secondary N) is 1. The van der Waals surface area contributed by atoms with E-state index in [4.69, 9.17) is 9.47 Å². The molecule has 6 heteroatoms. The standard InChI is InChI=1S/C23H26N2O4/c1-28-20-9-5-8-18(21(20)29-2)22(26)24-17-11-10-15-12-13-25(19(15)14-17)23(27)16-6-3-4-7-16/h5,8-11,14,16H,3-4,6-7,12-13H2,1-2H3,(H,24,26). The van der Waals surface area contributed by atoms with E-state index in [9.17, 15) is 9.59 Å². The summed E-state index contributed by atoms with van der Waals surface area (Å²) in [4.78, 5) is 27.7. The highest BCUT2D eigenvalue weighted by Crippen LogP contribution is 2.36. The number of ether oxygens (including phenoxy) is 2. The fourth-order valence-corrected chi connectivity index (χ4v) is 4.34. The van der Waals surface area contributed by atoms with Crippen LogP contribution in [-0.4, -0.2) is 32.6 Å². The van der Waals surface area contributed by atoms with Crippen molar-refractivity contribution in [3.8, 4) is 11.5 Å². The number of anilines is 2. The van der Waals surface area contributed by atoms with Crippen LogP contribution in [-0.2, 0) is 11.2 Å². The van der Waals surface area contributed by atoms with Gasteiger partial charge in [-0.1, -0.05) is 25.0 Å². The van der Waals surface area contributed by atoms with Gasteiger partial charge in [-0.3, -0.25) is 9.59 Å². The van der Waals surface area contributed by atoms with Crippen molar-refractivity contribution < 1.29 is 19.1 Å². The summed E-state index contributed by atoms with van der Waals surface area (Å²) in [5, 5.41) is 2.93. The van der Waals surface area contributed by atoms with Crippen molar-refractivity contribution in [2.24, 2.45) is 5.92 Å². The molecule has 2 aromatic carbocycles. The van der Waals surface area contributed by atoms with Gasteiger partial charge in [0.25, 0.3) is 5.91 Å². The quantitative estimate of drug-likeness (QED) is 0.831. The molecule has 2 aliphatic rings. The van der Waals surface area contributed by atoms with Crippen LogP contribution in [0.3, 0.4) is 0 Å². The highest BCUT2D eigenvalue weighted by Gasteiger charge is 2.32. The summed E-state index contributed by atoms with van der Waals surface area (Å²) in [7, 11) is 3.05. The number of para-hydroxylation sites is 1. The number of amides is 2. The summed E-state index contributed by atoms with van der Waals surface area (Å²) >= 11 is 0. The number of benzene rings is 2. The van der Waals surface area contributed by atoms with E-state index in [0.717, 1.165) is 43.4 Å². The highest BCUT2D eigenvalue weighted by atomic mass is 16.5. The van der Waals surface area contributed by atoms with Crippen LogP contribution >= 0.6 is 0 Å². The molecule has 2 aromatic rings. The fraction of sp³-hybridized carbons (Fsp3) is 0.391. The van der Waals surface area contributed by atoms with Gasteiger partial charge in [0, 0.05) is 23.8 Å². The third-order valence-electron chi connectivity index (χ3n) is 5.86. The first-order valence-corrected chi connectivity index (χ1v) is 10.1. The molecule has 152 valence electrons. The summed E-state index contributed by atoms with van der Waals surface area (Å²) in [5.74, 6) is 0.973. The molecule has 0 spiro atoms. The first-order valence-electron chi connectivity index (χ1n) is 10.1. The van der Waals surface area contributed by atoms with Crippen LogP contribution in [0, 0.1) is 5.92 Å². The Bertz CT molecular complexity index is 934. The Morgan fingerprint density at radius 1 is 1.07 bits per heavy atom. The van der Waals surface area contributed by atoms with Gasteiger partial charge < -0.3 is 19.7 Å². The minimum atomic E-state index is -0.285. The van der Waals surface area contributed by atoms with Crippen molar-refractivity contribution in [3.05, 3.63) is 47.5 Å². The third kappa shape index (κ3) is 3.67. The smallest absolute Gasteiger partial charge is 0.259 e. The van der Waals surface area contributed by atoms with Gasteiger partial charge >= 0.3 is 0 Å². The summed E-state index contributed by atoms with van der Waals surface area (Å²) in [6.07, 6.45) is 5.09. The minimum absolute atomic E-state index is 0.139. The van der Waals surface area contributed by atoms with E-state index in [2.05, 4.69) is 5.32 Å². The van der Waals surface area contributed by atoms with Crippen LogP contribution in [0.2, 0.25) is 0 Å². The molecule has 0 atom stereocenters. The van der Waals surface area contributed by atoms with Crippen molar-refractivity contribution in [1.82, 2.24) is 0 Å². The lowest BCUT2D eigenvalue weighted by atomic mass is 10.1. The SMILES string of the molecule is COc1cccc(C(=O)Nc2ccc3c(c2)N(C(=O)C2CCCC2)CC3)c1OC. The average Bonchev–Trinajstić information content (AvgIpc) is 3.42. The van der Waals surface area contributed by atoms with Crippen molar-refractivity contribution in [2.45, 2.75) is 32.1 Å². The monoisotopic (exact) mass is 394 g/mol. The van der Waals surface area contributed by atoms with E-state index in [1.807, 2.05) is 23.1 Å². The van der Waals surface area contributed by atoms with Crippen molar-refractivity contribution in [1.29, 1.82) is 0 Å². The molecule has 1 aliphatic carbocycles. The van der Waals surface area contributed by atoms with Crippen molar-refractivity contribution >= 4 is 23.2 Å². The normalized spacial score (nSPS) is 15.9. The molecular formula is C23H26N2O4. The first-order chi connectivity index (χ1) is 14.1. The van der Waals surface area contributed by atoms with Gasteiger partial charge in [0.05, 0.1) is 19.8 Å². The predicted octanol–water partition coefficient (Wildman–Crippen LogP) is 4.04. The number of carbonyl (C=O) groups is 2. The zero-order valence-electron chi connectivity index (χ0n) is 16.9. The van der Waals surface area contributed by atoms with Gasteiger partial charge in [-0.25, -0.2) is 0 Å². The maximum Gasteiger partial charge on any atom is 0.259 e. The number of rotatable bonds is 5. The molecule has 2 amide bonds. The van der Waals surface area contributed by atoms with E-state index in [0.29, 0.717) is 29.3 Å². The van der Waals surface area contributed by atoms with Crippen LogP contribution in [0.25, 0.3) is 0 Å². The minimum Gasteiger partial charge on any atom is -0.493 e. The molecule has 1 saturated carbocycles. The van der Waals surface area contributed by atoms with Gasteiger partial charge in [0.1, 0.15) is 0 Å². The largest absolute Gasteiger partial charge is 0.493 e. The summed E-state index contributed by atoms with van der Waals surface area (Å²) in [6, 6.07) is 11.0. The molecule has 0 bridgehead atoms. The first kappa shape index (κ1) is 19.3. The van der Waals surface area contributed by atoms with Crippen molar-refractivity contribution in [3.63, 3.8) is 0 Å². The number of fused-ring (bicyclic) bond motifs is 1. The van der Waals surface area contributed by atoms with E-state index in [-0.39, 0.29) is 17.7 Å². The Balaban J connectivity index is 1.56. The van der Waals surface area contributed by atoms with E-state index in [1.165, 1.54) is 14.2 Å². The Morgan fingerprint density at radius 2 is 1.86 bits per heavy atom. The third-order valence-corrected chi connectivity index (χ3v) is 5.86. The zero-order valence-corrected chi connectivity index (χ0v) is 16.9. The lowest BCUT2D eigenvalue weighted by Crippen LogP contribution is -2.33. The van der Waals surface area contributed by atoms with Gasteiger partial charge in [-0.05, 0) is 49.1 Å². The Kier molecular flexibility index (Phi) is 5.43. The van der Waals surface area contributed by atoms with Gasteiger partial charge in [-0.15, -0.1) is 0 Å². The predicted molar refractivity (Wildman–Crippen MR) is 112 cm³/mol. The molecule has 4 rings (SSSR count). The van der Waals surface area contributed by atoms with E-state index < -0.39 is 0 Å². The number of hydrogen-bond donors (Lipinski definition) is 1. The number of methoxy groups -OCH3 is 2. The van der Waals surface area contributed by atoms with E-state index in [1.54, 1.807) is 18.2 Å². The van der Waals surface area contributed by atoms with Crippen LogP contribution in [0.1, 0.15) is 41.6 Å². The maximum atomic E-state index is 12.9. The van der Waals surface area contributed by atoms with Crippen LogP contribution < -0.4 is 19.7 Å². The molecule has 0 aromatic heterocycles. The molecule has 29 heavy (non-hydrogen) atoms. The lowest BCUT2D eigenvalue weighted by Gasteiger charge is -2.22. The molecule has 0 saturated heterocycles. The molecule has 0 radical (unpaired) electrons. The van der Waals surface area contributed by atoms with E-state index >= 15 is 0 Å². The second-order valence-electron chi connectivity index (χ2n) is 7.56. The number of carbonyl (C=O) groups excluding carboxylic acids is 2. The summed E-state index contributed by atoms with van der Waals surface area (Å²) < 4.78 is 10.6. The Labute approximate surface area is 170 Å². The molecule has 1 N–H and O–H groups in total. The molecule has 1 fully saturated rings. The summed E-state index contributed by atoms with van der Waals surface area (Å²) in [6.45, 7) is 0.714. The van der Waals surface area contributed by atoms with Crippen molar-refractivity contribution in [2.75, 3.05) is 31.0 Å². The van der Waals surface area contributed by atoms with Gasteiger partial charge in [0.2, 0.25) is 5.91 Å². The molecule has 1 heterocycles. The molecule has 6 nitrogen and oxygen atoms in total. The number of hydrogen-bond acceptors (Lipinski definition) is 4. The highest BCUT2D eigenvalue weighted by molar-refractivity contribution is 6.07. The summed E-state index contributed by atoms with van der Waals surface area (Å²) in [5.41, 5.74) is 3.11. The molecular weight excluding hydrogens is 368 g/mol.